The molecule has 7 nitrogen and oxygen atoms in total. The van der Waals surface area contributed by atoms with Crippen LogP contribution in [0.5, 0.6) is 5.75 Å². The summed E-state index contributed by atoms with van der Waals surface area (Å²) in [6.45, 7) is 0.609. The Morgan fingerprint density at radius 2 is 2.19 bits per heavy atom. The van der Waals surface area contributed by atoms with Gasteiger partial charge in [-0.25, -0.2) is 0 Å². The number of ketones is 1. The summed E-state index contributed by atoms with van der Waals surface area (Å²) in [5.41, 5.74) is -0.200. The van der Waals surface area contributed by atoms with Crippen molar-refractivity contribution in [2.24, 2.45) is 0 Å². The predicted molar refractivity (Wildman–Crippen MR) is 73.8 cm³/mol. The Bertz CT molecular complexity index is 549. The number of rotatable bonds is 7. The summed E-state index contributed by atoms with van der Waals surface area (Å²) in [6, 6.07) is 4.03. The van der Waals surface area contributed by atoms with Crippen molar-refractivity contribution in [2.45, 2.75) is 18.6 Å². The highest BCUT2D eigenvalue weighted by Gasteiger charge is 2.43. The molecule has 2 atom stereocenters. The Labute approximate surface area is 125 Å². The molecule has 1 saturated carbocycles. The Balaban J connectivity index is 2.06. The summed E-state index contributed by atoms with van der Waals surface area (Å²) in [6.07, 6.45) is -1.12. The van der Waals surface area contributed by atoms with Crippen molar-refractivity contribution in [3.63, 3.8) is 0 Å². The van der Waals surface area contributed by atoms with Gasteiger partial charge >= 0.3 is 5.69 Å². The molecule has 0 radical (unpaired) electrons. The summed E-state index contributed by atoms with van der Waals surface area (Å²) < 4.78 is 15.7. The molecule has 2 unspecified atom stereocenters. The van der Waals surface area contributed by atoms with Crippen molar-refractivity contribution in [2.75, 3.05) is 20.3 Å². The zero-order valence-corrected chi connectivity index (χ0v) is 12.0. The van der Waals surface area contributed by atoms with Gasteiger partial charge in [0.25, 0.3) is 0 Å². The number of carbonyl (C=O) groups is 1. The summed E-state index contributed by atoms with van der Waals surface area (Å²) in [5, 5.41) is 11.3. The fraction of sp³-hybridized carbons (Fsp3) is 0.462. The number of Topliss-reactive ketones (excluding diaryl/α,β-unsaturated/α-hetero) is 1. The number of hydrogen-bond acceptors (Lipinski definition) is 6. The minimum Gasteiger partial charge on any atom is -0.480 e. The van der Waals surface area contributed by atoms with Crippen LogP contribution in [0, 0.1) is 10.1 Å². The van der Waals surface area contributed by atoms with Crippen LogP contribution in [0.15, 0.2) is 18.2 Å². The van der Waals surface area contributed by atoms with E-state index in [2.05, 4.69) is 0 Å². The molecule has 0 amide bonds. The highest BCUT2D eigenvalue weighted by molar-refractivity contribution is 6.30. The van der Waals surface area contributed by atoms with Crippen LogP contribution < -0.4 is 4.74 Å². The number of hydrogen-bond donors (Lipinski definition) is 0. The molecule has 114 valence electrons. The Morgan fingerprint density at radius 1 is 1.43 bits per heavy atom. The van der Waals surface area contributed by atoms with Gasteiger partial charge in [0.15, 0.2) is 17.6 Å². The lowest BCUT2D eigenvalue weighted by atomic mass is 9.90. The number of carbonyl (C=O) groups excluding carboxylic acids is 1. The fourth-order valence-corrected chi connectivity index (χ4v) is 2.09. The van der Waals surface area contributed by atoms with Crippen molar-refractivity contribution >= 4 is 23.1 Å². The van der Waals surface area contributed by atoms with E-state index in [0.29, 0.717) is 11.6 Å². The molecule has 1 aromatic rings. The number of nitrogens with zero attached hydrogens (tertiary/aromatic N) is 1. The van der Waals surface area contributed by atoms with E-state index in [1.165, 1.54) is 25.3 Å². The number of benzene rings is 1. The summed E-state index contributed by atoms with van der Waals surface area (Å²) in [7, 11) is 1.52. The molecule has 0 bridgehead atoms. The molecule has 0 aliphatic heterocycles. The van der Waals surface area contributed by atoms with Crippen LogP contribution in [0.3, 0.4) is 0 Å². The minimum absolute atomic E-state index is 0.0327. The van der Waals surface area contributed by atoms with E-state index in [-0.39, 0.29) is 30.2 Å². The second-order valence-electron chi connectivity index (χ2n) is 4.48. The standard InChI is InChI=1S/C13H14ClNO6/c1-19-4-5-20-13-10(16)7-12(13)21-11-6-8(14)2-3-9(11)15(17)18/h2-3,6,12-13H,4-5,7H2,1H3. The molecular weight excluding hydrogens is 302 g/mol. The van der Waals surface area contributed by atoms with Crippen molar-refractivity contribution in [1.82, 2.24) is 0 Å². The Morgan fingerprint density at radius 3 is 2.81 bits per heavy atom. The number of halogens is 1. The number of methoxy groups -OCH3 is 1. The maximum absolute atomic E-state index is 11.5. The first-order chi connectivity index (χ1) is 10.0. The largest absolute Gasteiger partial charge is 0.480 e. The van der Waals surface area contributed by atoms with E-state index in [1.54, 1.807) is 0 Å². The SMILES string of the molecule is COCCOC1C(=O)CC1Oc1cc(Cl)ccc1[N+](=O)[O-]. The van der Waals surface area contributed by atoms with Gasteiger partial charge in [-0.1, -0.05) is 11.6 Å². The molecule has 1 aliphatic rings. The lowest BCUT2D eigenvalue weighted by molar-refractivity contribution is -0.386. The number of nitro benzene ring substituents is 1. The first-order valence-electron chi connectivity index (χ1n) is 6.26. The third-order valence-corrected chi connectivity index (χ3v) is 3.27. The lowest BCUT2D eigenvalue weighted by Gasteiger charge is -2.34. The van der Waals surface area contributed by atoms with Crippen LogP contribution in [-0.4, -0.2) is 43.2 Å². The minimum atomic E-state index is -0.723. The summed E-state index contributed by atoms with van der Waals surface area (Å²) in [4.78, 5) is 21.9. The monoisotopic (exact) mass is 315 g/mol. The summed E-state index contributed by atoms with van der Waals surface area (Å²) in [5.74, 6) is -0.0638. The van der Waals surface area contributed by atoms with Gasteiger partial charge in [0.05, 0.1) is 18.1 Å². The molecule has 1 aromatic carbocycles. The van der Waals surface area contributed by atoms with E-state index in [4.69, 9.17) is 25.8 Å². The normalized spacial score (nSPS) is 21.0. The van der Waals surface area contributed by atoms with E-state index in [9.17, 15) is 14.9 Å². The number of nitro groups is 1. The van der Waals surface area contributed by atoms with Gasteiger partial charge in [-0.3, -0.25) is 14.9 Å². The molecule has 21 heavy (non-hydrogen) atoms. The fourth-order valence-electron chi connectivity index (χ4n) is 1.93. The van der Waals surface area contributed by atoms with Crippen LogP contribution in [0.2, 0.25) is 5.02 Å². The van der Waals surface area contributed by atoms with Crippen LogP contribution >= 0.6 is 11.6 Å². The molecule has 2 rings (SSSR count). The van der Waals surface area contributed by atoms with E-state index in [0.717, 1.165) is 0 Å². The highest BCUT2D eigenvalue weighted by Crippen LogP contribution is 2.34. The third-order valence-electron chi connectivity index (χ3n) is 3.04. The molecule has 8 heteroatoms. The Hall–Kier alpha value is -1.70. The second kappa shape index (κ2) is 6.84. The molecule has 1 fully saturated rings. The smallest absolute Gasteiger partial charge is 0.311 e. The van der Waals surface area contributed by atoms with Crippen LogP contribution in [0.4, 0.5) is 5.69 Å². The molecule has 0 spiro atoms. The van der Waals surface area contributed by atoms with Crippen molar-refractivity contribution in [1.29, 1.82) is 0 Å². The zero-order chi connectivity index (χ0) is 15.4. The maximum Gasteiger partial charge on any atom is 0.311 e. The Kier molecular flexibility index (Phi) is 5.11. The topological polar surface area (TPSA) is 87.9 Å². The van der Waals surface area contributed by atoms with Crippen LogP contribution in [0.1, 0.15) is 6.42 Å². The highest BCUT2D eigenvalue weighted by atomic mass is 35.5. The number of ether oxygens (including phenoxy) is 3. The average molecular weight is 316 g/mol. The van der Waals surface area contributed by atoms with Gasteiger partial charge in [0.1, 0.15) is 6.10 Å². The molecular formula is C13H14ClNO6. The van der Waals surface area contributed by atoms with Crippen molar-refractivity contribution in [3.8, 4) is 5.75 Å². The summed E-state index contributed by atoms with van der Waals surface area (Å²) >= 11 is 5.82. The van der Waals surface area contributed by atoms with E-state index < -0.39 is 17.1 Å². The lowest BCUT2D eigenvalue weighted by Crippen LogP contribution is -2.52. The van der Waals surface area contributed by atoms with Crippen LogP contribution in [0.25, 0.3) is 0 Å². The van der Waals surface area contributed by atoms with Crippen molar-refractivity contribution in [3.05, 3.63) is 33.3 Å². The molecule has 0 saturated heterocycles. The van der Waals surface area contributed by atoms with Gasteiger partial charge < -0.3 is 14.2 Å². The van der Waals surface area contributed by atoms with Gasteiger partial charge in [-0.2, -0.15) is 0 Å². The first-order valence-corrected chi connectivity index (χ1v) is 6.64. The van der Waals surface area contributed by atoms with Crippen molar-refractivity contribution < 1.29 is 23.9 Å². The van der Waals surface area contributed by atoms with Gasteiger partial charge in [0, 0.05) is 30.7 Å². The quantitative estimate of drug-likeness (QED) is 0.434. The van der Waals surface area contributed by atoms with Gasteiger partial charge in [-0.05, 0) is 6.07 Å². The molecule has 0 N–H and O–H groups in total. The molecule has 1 aliphatic carbocycles. The maximum atomic E-state index is 11.5. The zero-order valence-electron chi connectivity index (χ0n) is 11.3. The van der Waals surface area contributed by atoms with Gasteiger partial charge in [0.2, 0.25) is 0 Å². The predicted octanol–water partition coefficient (Wildman–Crippen LogP) is 2.00. The first kappa shape index (κ1) is 15.7. The second-order valence-corrected chi connectivity index (χ2v) is 4.92. The van der Waals surface area contributed by atoms with E-state index >= 15 is 0 Å². The molecule has 0 aromatic heterocycles. The molecule has 0 heterocycles. The van der Waals surface area contributed by atoms with Gasteiger partial charge in [-0.15, -0.1) is 0 Å². The van der Waals surface area contributed by atoms with E-state index in [1.807, 2.05) is 0 Å². The van der Waals surface area contributed by atoms with Crippen LogP contribution in [-0.2, 0) is 14.3 Å². The third kappa shape index (κ3) is 3.69. The average Bonchev–Trinajstić information content (AvgIpc) is 2.43.